The fourth-order valence-electron chi connectivity index (χ4n) is 5.03. The second kappa shape index (κ2) is 11.1. The van der Waals surface area contributed by atoms with Crippen molar-refractivity contribution >= 4 is 5.91 Å². The molecule has 2 atom stereocenters. The van der Waals surface area contributed by atoms with Gasteiger partial charge in [-0.1, -0.05) is 6.07 Å². The normalized spacial score (nSPS) is 16.5. The van der Waals surface area contributed by atoms with Gasteiger partial charge in [-0.15, -0.1) is 0 Å². The summed E-state index contributed by atoms with van der Waals surface area (Å²) in [7, 11) is 4.01. The highest BCUT2D eigenvalue weighted by atomic mass is 16.5. The van der Waals surface area contributed by atoms with E-state index in [9.17, 15) is 4.79 Å². The molecule has 2 aromatic carbocycles. The van der Waals surface area contributed by atoms with Crippen LogP contribution in [0.1, 0.15) is 60.8 Å². The summed E-state index contributed by atoms with van der Waals surface area (Å²) in [6.45, 7) is 10.1. The van der Waals surface area contributed by atoms with Crippen molar-refractivity contribution in [1.82, 2.24) is 29.8 Å². The Balaban J connectivity index is 1.41. The third-order valence-corrected chi connectivity index (χ3v) is 7.41. The van der Waals surface area contributed by atoms with Gasteiger partial charge in [-0.05, 0) is 93.7 Å². The maximum atomic E-state index is 13.5. The zero-order chi connectivity index (χ0) is 27.7. The standard InChI is InChI=1S/C31H38N6O2/c1-20(2)37-18-27(16-33-37)25-12-23(11-24(13-25)26-15-32-36(6)17-26)22(4)34-31(38)30-14-28(8-7-21(30)3)39-29-9-10-35(5)19-29/h7-8,11-18,20,22,29H,9-10,19H2,1-6H3,(H,34,38)/t22-,29+/m1/s1. The van der Waals surface area contributed by atoms with Gasteiger partial charge in [0.1, 0.15) is 11.9 Å². The zero-order valence-electron chi connectivity index (χ0n) is 23.7. The van der Waals surface area contributed by atoms with E-state index >= 15 is 0 Å². The van der Waals surface area contributed by atoms with Crippen LogP contribution in [0, 0.1) is 6.92 Å². The third-order valence-electron chi connectivity index (χ3n) is 7.41. The van der Waals surface area contributed by atoms with Crippen molar-refractivity contribution in [2.45, 2.75) is 52.3 Å². The SMILES string of the molecule is Cc1ccc(O[C@H]2CCN(C)C2)cc1C(=O)N[C@H](C)c1cc(-c2cnn(C)c2)cc(-c2cnn(C(C)C)c2)c1. The number of rotatable bonds is 8. The van der Waals surface area contributed by atoms with Gasteiger partial charge >= 0.3 is 0 Å². The first-order valence-corrected chi connectivity index (χ1v) is 13.6. The summed E-state index contributed by atoms with van der Waals surface area (Å²) in [5, 5.41) is 12.1. The van der Waals surface area contributed by atoms with Crippen molar-refractivity contribution in [3.8, 4) is 28.0 Å². The highest BCUT2D eigenvalue weighted by molar-refractivity contribution is 5.96. The molecule has 0 aliphatic carbocycles. The topological polar surface area (TPSA) is 77.2 Å². The highest BCUT2D eigenvalue weighted by Crippen LogP contribution is 2.31. The number of ether oxygens (including phenoxy) is 1. The van der Waals surface area contributed by atoms with E-state index in [4.69, 9.17) is 4.74 Å². The van der Waals surface area contributed by atoms with E-state index in [-0.39, 0.29) is 24.1 Å². The third kappa shape index (κ3) is 6.06. The molecule has 0 bridgehead atoms. The van der Waals surface area contributed by atoms with Crippen LogP contribution in [-0.4, -0.2) is 56.6 Å². The minimum absolute atomic E-state index is 0.116. The van der Waals surface area contributed by atoms with Crippen LogP contribution in [0.2, 0.25) is 0 Å². The molecule has 1 aliphatic rings. The van der Waals surface area contributed by atoms with Crippen molar-refractivity contribution in [3.05, 3.63) is 77.9 Å². The number of nitrogens with one attached hydrogen (secondary N) is 1. The molecule has 1 aliphatic heterocycles. The second-order valence-electron chi connectivity index (χ2n) is 11.0. The van der Waals surface area contributed by atoms with E-state index < -0.39 is 0 Å². The number of aromatic nitrogens is 4. The number of nitrogens with zero attached hydrogens (tertiary/aromatic N) is 5. The fraction of sp³-hybridized carbons (Fsp3) is 0.387. The molecule has 8 heteroatoms. The van der Waals surface area contributed by atoms with Crippen LogP contribution in [0.3, 0.4) is 0 Å². The lowest BCUT2D eigenvalue weighted by molar-refractivity contribution is 0.0938. The number of benzene rings is 2. The van der Waals surface area contributed by atoms with Crippen LogP contribution in [-0.2, 0) is 7.05 Å². The van der Waals surface area contributed by atoms with Crippen molar-refractivity contribution in [1.29, 1.82) is 0 Å². The summed E-state index contributed by atoms with van der Waals surface area (Å²) in [5.74, 6) is 0.622. The van der Waals surface area contributed by atoms with Crippen molar-refractivity contribution < 1.29 is 9.53 Å². The Morgan fingerprint density at radius 3 is 2.31 bits per heavy atom. The molecular weight excluding hydrogens is 488 g/mol. The largest absolute Gasteiger partial charge is 0.489 e. The number of likely N-dealkylation sites (tertiary alicyclic amines) is 1. The summed E-state index contributed by atoms with van der Waals surface area (Å²) in [6.07, 6.45) is 8.97. The lowest BCUT2D eigenvalue weighted by Crippen LogP contribution is -2.27. The molecule has 5 rings (SSSR count). The summed E-state index contributed by atoms with van der Waals surface area (Å²) < 4.78 is 9.95. The Morgan fingerprint density at radius 2 is 1.69 bits per heavy atom. The molecule has 3 heterocycles. The van der Waals surface area contributed by atoms with Crippen LogP contribution in [0.4, 0.5) is 0 Å². The van der Waals surface area contributed by atoms with Gasteiger partial charge < -0.3 is 15.0 Å². The smallest absolute Gasteiger partial charge is 0.252 e. The Labute approximate surface area is 230 Å². The van der Waals surface area contributed by atoms with Crippen molar-refractivity contribution in [2.75, 3.05) is 20.1 Å². The van der Waals surface area contributed by atoms with Gasteiger partial charge in [0.25, 0.3) is 5.91 Å². The van der Waals surface area contributed by atoms with E-state index in [1.54, 1.807) is 4.68 Å². The number of likely N-dealkylation sites (N-methyl/N-ethyl adjacent to an activating group) is 1. The number of carbonyl (C=O) groups excluding carboxylic acids is 1. The first-order chi connectivity index (χ1) is 18.7. The second-order valence-corrected chi connectivity index (χ2v) is 11.0. The zero-order valence-corrected chi connectivity index (χ0v) is 23.7. The van der Waals surface area contributed by atoms with Gasteiger partial charge in [0.15, 0.2) is 0 Å². The molecule has 1 amide bonds. The lowest BCUT2D eigenvalue weighted by Gasteiger charge is -2.19. The number of aryl methyl sites for hydroxylation is 2. The number of carbonyl (C=O) groups is 1. The van der Waals surface area contributed by atoms with Gasteiger partial charge in [0.05, 0.1) is 18.4 Å². The number of amides is 1. The van der Waals surface area contributed by atoms with E-state index in [2.05, 4.69) is 65.7 Å². The van der Waals surface area contributed by atoms with Gasteiger partial charge in [-0.3, -0.25) is 14.2 Å². The first-order valence-electron chi connectivity index (χ1n) is 13.6. The average molecular weight is 527 g/mol. The van der Waals surface area contributed by atoms with E-state index in [0.29, 0.717) is 5.56 Å². The van der Waals surface area contributed by atoms with E-state index in [1.807, 2.05) is 62.4 Å². The molecule has 0 radical (unpaired) electrons. The summed E-state index contributed by atoms with van der Waals surface area (Å²) in [6, 6.07) is 12.2. The summed E-state index contributed by atoms with van der Waals surface area (Å²) in [4.78, 5) is 15.7. The monoisotopic (exact) mass is 526 g/mol. The Kier molecular flexibility index (Phi) is 7.57. The molecule has 204 valence electrons. The Bertz CT molecular complexity index is 1470. The molecule has 0 spiro atoms. The molecule has 39 heavy (non-hydrogen) atoms. The van der Waals surface area contributed by atoms with Crippen LogP contribution >= 0.6 is 0 Å². The maximum Gasteiger partial charge on any atom is 0.252 e. The van der Waals surface area contributed by atoms with Gasteiger partial charge in [-0.25, -0.2) is 0 Å². The molecule has 1 saturated heterocycles. The summed E-state index contributed by atoms with van der Waals surface area (Å²) in [5.41, 5.74) is 6.71. The first kappa shape index (κ1) is 26.7. The van der Waals surface area contributed by atoms with Gasteiger partial charge in [-0.2, -0.15) is 10.2 Å². The molecule has 8 nitrogen and oxygen atoms in total. The van der Waals surface area contributed by atoms with Crippen LogP contribution in [0.5, 0.6) is 5.75 Å². The van der Waals surface area contributed by atoms with Gasteiger partial charge in [0, 0.05) is 55.3 Å². The fourth-order valence-corrected chi connectivity index (χ4v) is 5.03. The molecule has 0 unspecified atom stereocenters. The predicted molar refractivity (Wildman–Crippen MR) is 154 cm³/mol. The highest BCUT2D eigenvalue weighted by Gasteiger charge is 2.22. The summed E-state index contributed by atoms with van der Waals surface area (Å²) >= 11 is 0. The minimum Gasteiger partial charge on any atom is -0.489 e. The Hall–Kier alpha value is -3.91. The van der Waals surface area contributed by atoms with Gasteiger partial charge in [0.2, 0.25) is 0 Å². The molecule has 2 aromatic heterocycles. The molecule has 0 saturated carbocycles. The molecule has 1 fully saturated rings. The maximum absolute atomic E-state index is 13.5. The van der Waals surface area contributed by atoms with Crippen LogP contribution < -0.4 is 10.1 Å². The predicted octanol–water partition coefficient (Wildman–Crippen LogP) is 5.41. The quantitative estimate of drug-likeness (QED) is 0.332. The van der Waals surface area contributed by atoms with Crippen LogP contribution in [0.25, 0.3) is 22.3 Å². The minimum atomic E-state index is -0.222. The van der Waals surface area contributed by atoms with Crippen molar-refractivity contribution in [2.24, 2.45) is 7.05 Å². The Morgan fingerprint density at radius 1 is 0.974 bits per heavy atom. The molecule has 1 N–H and O–H groups in total. The van der Waals surface area contributed by atoms with E-state index in [0.717, 1.165) is 58.6 Å². The lowest BCUT2D eigenvalue weighted by atomic mass is 9.96. The molecular formula is C31H38N6O2. The molecule has 4 aromatic rings. The van der Waals surface area contributed by atoms with Crippen molar-refractivity contribution in [3.63, 3.8) is 0 Å². The van der Waals surface area contributed by atoms with E-state index in [1.165, 1.54) is 0 Å². The number of hydrogen-bond acceptors (Lipinski definition) is 5. The average Bonchev–Trinajstić information content (AvgIpc) is 3.66. The van der Waals surface area contributed by atoms with Crippen LogP contribution in [0.15, 0.2) is 61.2 Å². The number of hydrogen-bond donors (Lipinski definition) is 1.